The molecule has 116 valence electrons. The fourth-order valence-corrected chi connectivity index (χ4v) is 3.36. The summed E-state index contributed by atoms with van der Waals surface area (Å²) in [7, 11) is 0. The maximum absolute atomic E-state index is 12.5. The van der Waals surface area contributed by atoms with Gasteiger partial charge in [-0.1, -0.05) is 36.4 Å². The Morgan fingerprint density at radius 1 is 1.17 bits per heavy atom. The van der Waals surface area contributed by atoms with Crippen LogP contribution in [0.15, 0.2) is 48.5 Å². The third-order valence-corrected chi connectivity index (χ3v) is 4.55. The first kappa shape index (κ1) is 13.9. The molecule has 3 N–H and O–H groups in total. The summed E-state index contributed by atoms with van der Waals surface area (Å²) in [5.74, 6) is 0.181. The molecule has 0 fully saturated rings. The minimum Gasteiger partial charge on any atom is -0.399 e. The molecule has 2 aromatic carbocycles. The average molecular weight is 305 g/mol. The Hall–Kier alpha value is -2.75. The number of amides is 1. The summed E-state index contributed by atoms with van der Waals surface area (Å²) in [6.07, 6.45) is 1.35. The van der Waals surface area contributed by atoms with Gasteiger partial charge in [-0.05, 0) is 29.7 Å². The predicted molar refractivity (Wildman–Crippen MR) is 92.0 cm³/mol. The Bertz CT molecular complexity index is 867. The van der Waals surface area contributed by atoms with Crippen molar-refractivity contribution in [3.63, 3.8) is 0 Å². The Kier molecular flexibility index (Phi) is 3.30. The van der Waals surface area contributed by atoms with E-state index in [1.807, 2.05) is 47.4 Å². The molecule has 4 heteroatoms. The van der Waals surface area contributed by atoms with Gasteiger partial charge in [0, 0.05) is 28.8 Å². The quantitative estimate of drug-likeness (QED) is 0.715. The summed E-state index contributed by atoms with van der Waals surface area (Å²) >= 11 is 0. The number of rotatable bonds is 2. The standard InChI is InChI=1S/C19H19N3O/c20-14-6-7-15-16-8-9-22(12-18(16)21-17(15)11-14)19(23)10-13-4-2-1-3-5-13/h1-7,11,21H,8-10,12,20H2. The van der Waals surface area contributed by atoms with Crippen molar-refractivity contribution in [2.45, 2.75) is 19.4 Å². The third-order valence-electron chi connectivity index (χ3n) is 4.55. The van der Waals surface area contributed by atoms with Crippen LogP contribution in [0.4, 0.5) is 5.69 Å². The fourth-order valence-electron chi connectivity index (χ4n) is 3.36. The molecule has 23 heavy (non-hydrogen) atoms. The summed E-state index contributed by atoms with van der Waals surface area (Å²) in [5.41, 5.74) is 11.2. The van der Waals surface area contributed by atoms with E-state index in [0.29, 0.717) is 13.0 Å². The lowest BCUT2D eigenvalue weighted by Crippen LogP contribution is -2.36. The maximum Gasteiger partial charge on any atom is 0.227 e. The van der Waals surface area contributed by atoms with Crippen LogP contribution in [0.3, 0.4) is 0 Å². The Balaban J connectivity index is 1.56. The molecule has 0 radical (unpaired) electrons. The minimum atomic E-state index is 0.181. The van der Waals surface area contributed by atoms with Crippen LogP contribution in [0.2, 0.25) is 0 Å². The van der Waals surface area contributed by atoms with E-state index >= 15 is 0 Å². The van der Waals surface area contributed by atoms with Crippen LogP contribution >= 0.6 is 0 Å². The van der Waals surface area contributed by atoms with Crippen molar-refractivity contribution in [3.05, 3.63) is 65.4 Å². The second-order valence-electron chi connectivity index (χ2n) is 6.11. The van der Waals surface area contributed by atoms with E-state index in [9.17, 15) is 4.79 Å². The van der Waals surface area contributed by atoms with Crippen LogP contribution in [0, 0.1) is 0 Å². The molecule has 4 rings (SSSR count). The Morgan fingerprint density at radius 2 is 2.00 bits per heavy atom. The molecule has 1 aliphatic rings. The molecular formula is C19H19N3O. The monoisotopic (exact) mass is 305 g/mol. The van der Waals surface area contributed by atoms with E-state index < -0.39 is 0 Å². The predicted octanol–water partition coefficient (Wildman–Crippen LogP) is 2.88. The second kappa shape index (κ2) is 5.47. The van der Waals surface area contributed by atoms with Gasteiger partial charge >= 0.3 is 0 Å². The number of carbonyl (C=O) groups excluding carboxylic acids is 1. The van der Waals surface area contributed by atoms with Crippen molar-refractivity contribution in [1.82, 2.24) is 9.88 Å². The molecule has 0 unspecified atom stereocenters. The van der Waals surface area contributed by atoms with Crippen LogP contribution < -0.4 is 5.73 Å². The summed E-state index contributed by atoms with van der Waals surface area (Å²) < 4.78 is 0. The molecule has 4 nitrogen and oxygen atoms in total. The highest BCUT2D eigenvalue weighted by atomic mass is 16.2. The number of benzene rings is 2. The highest BCUT2D eigenvalue weighted by Gasteiger charge is 2.23. The molecule has 1 aliphatic heterocycles. The van der Waals surface area contributed by atoms with Crippen molar-refractivity contribution < 1.29 is 4.79 Å². The number of fused-ring (bicyclic) bond motifs is 3. The van der Waals surface area contributed by atoms with Gasteiger partial charge in [-0.25, -0.2) is 0 Å². The number of aromatic amines is 1. The number of carbonyl (C=O) groups is 1. The zero-order chi connectivity index (χ0) is 15.8. The fraction of sp³-hybridized carbons (Fsp3) is 0.211. The number of hydrogen-bond donors (Lipinski definition) is 2. The molecule has 2 heterocycles. The van der Waals surface area contributed by atoms with Gasteiger partial charge in [0.05, 0.1) is 13.0 Å². The van der Waals surface area contributed by atoms with Crippen LogP contribution in [0.1, 0.15) is 16.8 Å². The lowest BCUT2D eigenvalue weighted by atomic mass is 10.0. The molecule has 3 aromatic rings. The molecule has 0 aliphatic carbocycles. The molecule has 0 saturated carbocycles. The van der Waals surface area contributed by atoms with Gasteiger partial charge in [0.15, 0.2) is 0 Å². The topological polar surface area (TPSA) is 62.1 Å². The van der Waals surface area contributed by atoms with E-state index in [2.05, 4.69) is 11.1 Å². The van der Waals surface area contributed by atoms with Crippen LogP contribution in [-0.2, 0) is 24.2 Å². The van der Waals surface area contributed by atoms with Gasteiger partial charge < -0.3 is 15.6 Å². The Morgan fingerprint density at radius 3 is 2.83 bits per heavy atom. The second-order valence-corrected chi connectivity index (χ2v) is 6.11. The first-order valence-corrected chi connectivity index (χ1v) is 7.91. The van der Waals surface area contributed by atoms with Gasteiger partial charge in [-0.15, -0.1) is 0 Å². The van der Waals surface area contributed by atoms with Gasteiger partial charge in [-0.3, -0.25) is 4.79 Å². The maximum atomic E-state index is 12.5. The normalized spacial score (nSPS) is 14.0. The smallest absolute Gasteiger partial charge is 0.227 e. The molecule has 0 atom stereocenters. The van der Waals surface area contributed by atoms with Crippen molar-refractivity contribution in [1.29, 1.82) is 0 Å². The summed E-state index contributed by atoms with van der Waals surface area (Å²) in [6, 6.07) is 15.9. The zero-order valence-electron chi connectivity index (χ0n) is 12.9. The number of aromatic nitrogens is 1. The molecule has 0 spiro atoms. The Labute approximate surface area is 134 Å². The van der Waals surface area contributed by atoms with E-state index in [-0.39, 0.29) is 5.91 Å². The molecular weight excluding hydrogens is 286 g/mol. The highest BCUT2D eigenvalue weighted by Crippen LogP contribution is 2.29. The third kappa shape index (κ3) is 2.57. The first-order valence-electron chi connectivity index (χ1n) is 7.91. The number of hydrogen-bond acceptors (Lipinski definition) is 2. The van der Waals surface area contributed by atoms with Gasteiger partial charge in [-0.2, -0.15) is 0 Å². The molecule has 0 bridgehead atoms. The largest absolute Gasteiger partial charge is 0.399 e. The van der Waals surface area contributed by atoms with E-state index in [4.69, 9.17) is 5.73 Å². The highest BCUT2D eigenvalue weighted by molar-refractivity contribution is 5.88. The van der Waals surface area contributed by atoms with Crippen molar-refractivity contribution in [2.24, 2.45) is 0 Å². The van der Waals surface area contributed by atoms with Crippen molar-refractivity contribution in [3.8, 4) is 0 Å². The van der Waals surface area contributed by atoms with E-state index in [0.717, 1.165) is 35.4 Å². The average Bonchev–Trinajstić information content (AvgIpc) is 2.92. The zero-order valence-corrected chi connectivity index (χ0v) is 12.9. The minimum absolute atomic E-state index is 0.181. The number of nitrogen functional groups attached to an aromatic ring is 1. The summed E-state index contributed by atoms with van der Waals surface area (Å²) in [6.45, 7) is 1.42. The lowest BCUT2D eigenvalue weighted by Gasteiger charge is -2.27. The number of nitrogens with one attached hydrogen (secondary N) is 1. The van der Waals surface area contributed by atoms with Crippen molar-refractivity contribution >= 4 is 22.5 Å². The van der Waals surface area contributed by atoms with E-state index in [1.165, 1.54) is 10.9 Å². The number of anilines is 1. The van der Waals surface area contributed by atoms with Gasteiger partial charge in [0.1, 0.15) is 0 Å². The van der Waals surface area contributed by atoms with Crippen molar-refractivity contribution in [2.75, 3.05) is 12.3 Å². The number of nitrogens with two attached hydrogens (primary N) is 1. The van der Waals surface area contributed by atoms with Crippen LogP contribution in [0.5, 0.6) is 0 Å². The molecule has 0 saturated heterocycles. The first-order chi connectivity index (χ1) is 11.2. The van der Waals surface area contributed by atoms with E-state index in [1.54, 1.807) is 0 Å². The van der Waals surface area contributed by atoms with Gasteiger partial charge in [0.2, 0.25) is 5.91 Å². The summed E-state index contributed by atoms with van der Waals surface area (Å²) in [5, 5.41) is 1.23. The summed E-state index contributed by atoms with van der Waals surface area (Å²) in [4.78, 5) is 17.9. The molecule has 1 amide bonds. The van der Waals surface area contributed by atoms with Crippen LogP contribution in [0.25, 0.3) is 10.9 Å². The number of nitrogens with zero attached hydrogens (tertiary/aromatic N) is 1. The molecule has 1 aromatic heterocycles. The van der Waals surface area contributed by atoms with Crippen LogP contribution in [-0.4, -0.2) is 22.3 Å². The lowest BCUT2D eigenvalue weighted by molar-refractivity contribution is -0.131. The SMILES string of the molecule is Nc1ccc2c3c([nH]c2c1)CN(C(=O)Cc1ccccc1)CC3. The number of H-pyrrole nitrogens is 1. The van der Waals surface area contributed by atoms with Gasteiger partial charge in [0.25, 0.3) is 0 Å².